The molecule has 0 aliphatic carbocycles. The minimum atomic E-state index is -0.0192. The Morgan fingerprint density at radius 2 is 1.89 bits per heavy atom. The Balaban J connectivity index is 1.79. The van der Waals surface area contributed by atoms with E-state index in [1.165, 1.54) is 0 Å². The first-order valence-corrected chi connectivity index (χ1v) is 9.87. The molecule has 0 spiro atoms. The predicted molar refractivity (Wildman–Crippen MR) is 112 cm³/mol. The van der Waals surface area contributed by atoms with Gasteiger partial charge in [-0.15, -0.1) is 0 Å². The summed E-state index contributed by atoms with van der Waals surface area (Å²) < 4.78 is 1.82. The number of amides is 1. The van der Waals surface area contributed by atoms with Gasteiger partial charge in [-0.3, -0.25) is 9.20 Å². The highest BCUT2D eigenvalue weighted by Crippen LogP contribution is 2.33. The van der Waals surface area contributed by atoms with Gasteiger partial charge in [0.2, 0.25) is 0 Å². The standard InChI is InChI=1S/C20H21Cl2N5O/c1-25-4-6-26(7-5-25)20(28)18-11-24-19-8-13(10-23)16(12-27(18)19)15-3-2-14(21)9-17(15)22/h2-3,8-9,11-12H,4-7,10,23H2,1H3. The molecule has 0 bridgehead atoms. The van der Waals surface area contributed by atoms with E-state index in [4.69, 9.17) is 28.9 Å². The van der Waals surface area contributed by atoms with Crippen LogP contribution in [0.3, 0.4) is 0 Å². The molecule has 4 rings (SSSR count). The number of nitrogens with two attached hydrogens (primary N) is 1. The summed E-state index contributed by atoms with van der Waals surface area (Å²) in [5, 5.41) is 1.10. The first-order chi connectivity index (χ1) is 13.5. The molecule has 3 aromatic rings. The number of likely N-dealkylation sites (N-methyl/N-ethyl adjacent to an activating group) is 1. The third-order valence-electron chi connectivity index (χ3n) is 5.18. The van der Waals surface area contributed by atoms with Crippen molar-refractivity contribution in [2.24, 2.45) is 5.73 Å². The summed E-state index contributed by atoms with van der Waals surface area (Å²) in [6.45, 7) is 3.48. The molecule has 1 aromatic carbocycles. The average Bonchev–Trinajstić information content (AvgIpc) is 3.10. The molecule has 0 radical (unpaired) electrons. The first kappa shape index (κ1) is 19.2. The summed E-state index contributed by atoms with van der Waals surface area (Å²) in [6, 6.07) is 7.26. The van der Waals surface area contributed by atoms with Gasteiger partial charge in [0.15, 0.2) is 0 Å². The van der Waals surface area contributed by atoms with Crippen molar-refractivity contribution in [2.75, 3.05) is 33.2 Å². The van der Waals surface area contributed by atoms with Crippen LogP contribution in [0.25, 0.3) is 16.8 Å². The number of pyridine rings is 1. The number of hydrogen-bond acceptors (Lipinski definition) is 4. The van der Waals surface area contributed by atoms with Crippen LogP contribution in [0.15, 0.2) is 36.7 Å². The highest BCUT2D eigenvalue weighted by Gasteiger charge is 2.23. The second-order valence-corrected chi connectivity index (χ2v) is 7.85. The lowest BCUT2D eigenvalue weighted by atomic mass is 10.0. The topological polar surface area (TPSA) is 66.9 Å². The van der Waals surface area contributed by atoms with Crippen molar-refractivity contribution >= 4 is 34.8 Å². The molecule has 1 aliphatic rings. The van der Waals surface area contributed by atoms with Gasteiger partial charge in [-0.25, -0.2) is 4.98 Å². The van der Waals surface area contributed by atoms with Crippen molar-refractivity contribution in [3.63, 3.8) is 0 Å². The molecule has 3 heterocycles. The molecule has 8 heteroatoms. The number of imidazole rings is 1. The number of carbonyl (C=O) groups is 1. The van der Waals surface area contributed by atoms with Crippen molar-refractivity contribution in [3.8, 4) is 11.1 Å². The number of nitrogens with zero attached hydrogens (tertiary/aromatic N) is 4. The monoisotopic (exact) mass is 417 g/mol. The van der Waals surface area contributed by atoms with E-state index in [1.54, 1.807) is 18.3 Å². The second kappa shape index (κ2) is 7.72. The second-order valence-electron chi connectivity index (χ2n) is 7.01. The van der Waals surface area contributed by atoms with E-state index in [2.05, 4.69) is 16.9 Å². The average molecular weight is 418 g/mol. The smallest absolute Gasteiger partial charge is 0.272 e. The molecule has 6 nitrogen and oxygen atoms in total. The molecule has 0 saturated carbocycles. The van der Waals surface area contributed by atoms with Crippen LogP contribution in [0.5, 0.6) is 0 Å². The van der Waals surface area contributed by atoms with Crippen LogP contribution in [-0.4, -0.2) is 58.3 Å². The number of hydrogen-bond donors (Lipinski definition) is 1. The van der Waals surface area contributed by atoms with Gasteiger partial charge in [-0.2, -0.15) is 0 Å². The highest BCUT2D eigenvalue weighted by atomic mass is 35.5. The molecule has 0 atom stereocenters. The predicted octanol–water partition coefficient (Wildman–Crippen LogP) is 3.15. The van der Waals surface area contributed by atoms with E-state index in [0.717, 1.165) is 29.8 Å². The summed E-state index contributed by atoms with van der Waals surface area (Å²) >= 11 is 12.5. The van der Waals surface area contributed by atoms with E-state index in [1.807, 2.05) is 27.6 Å². The van der Waals surface area contributed by atoms with Gasteiger partial charge in [0, 0.05) is 60.1 Å². The maximum Gasteiger partial charge on any atom is 0.272 e. The third kappa shape index (κ3) is 3.49. The number of carbonyl (C=O) groups excluding carboxylic acids is 1. The molecular formula is C20H21Cl2N5O. The molecule has 1 aliphatic heterocycles. The Hall–Kier alpha value is -2.12. The number of benzene rings is 1. The fraction of sp³-hybridized carbons (Fsp3) is 0.300. The van der Waals surface area contributed by atoms with Gasteiger partial charge in [0.25, 0.3) is 5.91 Å². The Kier molecular flexibility index (Phi) is 5.29. The van der Waals surface area contributed by atoms with Crippen molar-refractivity contribution in [1.29, 1.82) is 0 Å². The van der Waals surface area contributed by atoms with Crippen LogP contribution in [0, 0.1) is 0 Å². The molecule has 0 unspecified atom stereocenters. The van der Waals surface area contributed by atoms with Gasteiger partial charge in [-0.1, -0.05) is 29.3 Å². The lowest BCUT2D eigenvalue weighted by Gasteiger charge is -2.32. The summed E-state index contributed by atoms with van der Waals surface area (Å²) in [7, 11) is 2.06. The zero-order chi connectivity index (χ0) is 19.8. The largest absolute Gasteiger partial charge is 0.335 e. The van der Waals surface area contributed by atoms with E-state index >= 15 is 0 Å². The van der Waals surface area contributed by atoms with Gasteiger partial charge >= 0.3 is 0 Å². The maximum atomic E-state index is 13.1. The normalized spacial score (nSPS) is 15.4. The summed E-state index contributed by atoms with van der Waals surface area (Å²) in [6.07, 6.45) is 3.52. The molecule has 2 aromatic heterocycles. The van der Waals surface area contributed by atoms with E-state index in [-0.39, 0.29) is 5.91 Å². The van der Waals surface area contributed by atoms with Crippen LogP contribution in [0.2, 0.25) is 10.0 Å². The summed E-state index contributed by atoms with van der Waals surface area (Å²) in [5.74, 6) is -0.0192. The zero-order valence-corrected chi connectivity index (χ0v) is 17.0. The van der Waals surface area contributed by atoms with Gasteiger partial charge in [0.1, 0.15) is 11.3 Å². The highest BCUT2D eigenvalue weighted by molar-refractivity contribution is 6.36. The fourth-order valence-corrected chi connectivity index (χ4v) is 4.02. The molecule has 2 N–H and O–H groups in total. The number of fused-ring (bicyclic) bond motifs is 1. The molecule has 1 fully saturated rings. The Morgan fingerprint density at radius 1 is 1.14 bits per heavy atom. The quantitative estimate of drug-likeness (QED) is 0.710. The van der Waals surface area contributed by atoms with Crippen LogP contribution < -0.4 is 5.73 Å². The van der Waals surface area contributed by atoms with Gasteiger partial charge in [-0.05, 0) is 30.8 Å². The van der Waals surface area contributed by atoms with E-state index < -0.39 is 0 Å². The third-order valence-corrected chi connectivity index (χ3v) is 5.73. The minimum Gasteiger partial charge on any atom is -0.335 e. The van der Waals surface area contributed by atoms with Gasteiger partial charge in [0.05, 0.1) is 6.20 Å². The SMILES string of the molecule is CN1CCN(C(=O)c2cnc3cc(CN)c(-c4ccc(Cl)cc4Cl)cn23)CC1. The Bertz CT molecular complexity index is 1040. The summed E-state index contributed by atoms with van der Waals surface area (Å²) in [4.78, 5) is 21.6. The van der Waals surface area contributed by atoms with Crippen LogP contribution >= 0.6 is 23.2 Å². The van der Waals surface area contributed by atoms with Crippen molar-refractivity contribution < 1.29 is 4.79 Å². The molecular weight excluding hydrogens is 397 g/mol. The lowest BCUT2D eigenvalue weighted by molar-refractivity contribution is 0.0657. The fourth-order valence-electron chi connectivity index (χ4n) is 3.51. The van der Waals surface area contributed by atoms with E-state index in [0.29, 0.717) is 41.0 Å². The number of halogens is 2. The molecule has 28 heavy (non-hydrogen) atoms. The molecule has 1 amide bonds. The number of aromatic nitrogens is 2. The molecule has 146 valence electrons. The summed E-state index contributed by atoms with van der Waals surface area (Å²) in [5.41, 5.74) is 9.78. The molecule has 1 saturated heterocycles. The van der Waals surface area contributed by atoms with Crippen molar-refractivity contribution in [3.05, 3.63) is 58.0 Å². The van der Waals surface area contributed by atoms with Crippen molar-refractivity contribution in [2.45, 2.75) is 6.54 Å². The lowest BCUT2D eigenvalue weighted by Crippen LogP contribution is -2.47. The van der Waals surface area contributed by atoms with Gasteiger partial charge < -0.3 is 15.5 Å². The van der Waals surface area contributed by atoms with E-state index in [9.17, 15) is 4.79 Å². The van der Waals surface area contributed by atoms with Crippen LogP contribution in [0.1, 0.15) is 16.1 Å². The van der Waals surface area contributed by atoms with Crippen LogP contribution in [0.4, 0.5) is 0 Å². The van der Waals surface area contributed by atoms with Crippen LogP contribution in [-0.2, 0) is 6.54 Å². The minimum absolute atomic E-state index is 0.0192. The zero-order valence-electron chi connectivity index (χ0n) is 15.5. The van der Waals surface area contributed by atoms with Crippen molar-refractivity contribution in [1.82, 2.24) is 19.2 Å². The Labute approximate surface area is 173 Å². The Morgan fingerprint density at radius 3 is 2.57 bits per heavy atom. The maximum absolute atomic E-state index is 13.1. The number of piperazine rings is 1. The first-order valence-electron chi connectivity index (χ1n) is 9.11. The number of rotatable bonds is 3.